The molecule has 40 heavy (non-hydrogen) atoms. The fraction of sp³-hybridized carbons (Fsp3) is 0.241. The summed E-state index contributed by atoms with van der Waals surface area (Å²) in [6.07, 6.45) is 1.08. The number of benzene rings is 3. The summed E-state index contributed by atoms with van der Waals surface area (Å²) in [6.45, 7) is 2.33. The molecule has 4 aromatic rings. The largest absolute Gasteiger partial charge is 0.497 e. The fourth-order valence-corrected chi connectivity index (χ4v) is 5.60. The molecule has 0 aliphatic carbocycles. The Kier molecular flexibility index (Phi) is 9.24. The molecular weight excluding hydrogens is 557 g/mol. The minimum atomic E-state index is -3.73. The van der Waals surface area contributed by atoms with Gasteiger partial charge in [0, 0.05) is 34.8 Å². The molecule has 0 saturated heterocycles. The molecule has 8 nitrogen and oxygen atoms in total. The quantitative estimate of drug-likeness (QED) is 0.245. The van der Waals surface area contributed by atoms with E-state index in [0.29, 0.717) is 52.5 Å². The van der Waals surface area contributed by atoms with E-state index in [4.69, 9.17) is 16.3 Å². The number of ether oxygens (including phenoxy) is 1. The highest BCUT2D eigenvalue weighted by atomic mass is 35.5. The van der Waals surface area contributed by atoms with E-state index >= 15 is 0 Å². The van der Waals surface area contributed by atoms with E-state index in [9.17, 15) is 22.4 Å². The lowest BCUT2D eigenvalue weighted by Crippen LogP contribution is -2.28. The van der Waals surface area contributed by atoms with E-state index in [1.165, 1.54) is 12.1 Å². The van der Waals surface area contributed by atoms with Crippen LogP contribution in [0.1, 0.15) is 34.5 Å². The maximum absolute atomic E-state index is 13.4. The van der Waals surface area contributed by atoms with Crippen LogP contribution in [0.25, 0.3) is 10.9 Å². The lowest BCUT2D eigenvalue weighted by molar-refractivity contribution is -0.120. The van der Waals surface area contributed by atoms with Crippen molar-refractivity contribution < 1.29 is 27.1 Å². The van der Waals surface area contributed by atoms with Crippen LogP contribution in [0.5, 0.6) is 5.75 Å². The molecule has 0 aliphatic rings. The number of methoxy groups -OCH3 is 1. The first-order chi connectivity index (χ1) is 19.1. The zero-order valence-corrected chi connectivity index (χ0v) is 23.6. The minimum Gasteiger partial charge on any atom is -0.497 e. The Morgan fingerprint density at radius 2 is 1.65 bits per heavy atom. The number of sulfonamides is 1. The van der Waals surface area contributed by atoms with Gasteiger partial charge in [0.25, 0.3) is 5.91 Å². The van der Waals surface area contributed by atoms with E-state index in [0.717, 1.165) is 17.5 Å². The maximum atomic E-state index is 13.4. The van der Waals surface area contributed by atoms with Gasteiger partial charge in [-0.2, -0.15) is 0 Å². The van der Waals surface area contributed by atoms with Crippen LogP contribution >= 0.6 is 11.6 Å². The van der Waals surface area contributed by atoms with E-state index < -0.39 is 15.8 Å². The number of rotatable bonds is 11. The number of unbranched alkanes of at least 4 members (excludes halogenated alkanes) is 1. The van der Waals surface area contributed by atoms with Crippen LogP contribution in [0.3, 0.4) is 0 Å². The highest BCUT2D eigenvalue weighted by molar-refractivity contribution is 7.89. The number of carbonyl (C=O) groups excluding carboxylic acids is 2. The van der Waals surface area contributed by atoms with Crippen molar-refractivity contribution >= 4 is 44.3 Å². The van der Waals surface area contributed by atoms with Gasteiger partial charge in [0.1, 0.15) is 11.6 Å². The second kappa shape index (κ2) is 12.6. The first-order valence-corrected chi connectivity index (χ1v) is 14.5. The highest BCUT2D eigenvalue weighted by Crippen LogP contribution is 2.31. The Balaban J connectivity index is 1.39. The molecule has 1 aromatic heterocycles. The monoisotopic (exact) mass is 585 g/mol. The summed E-state index contributed by atoms with van der Waals surface area (Å²) < 4.78 is 47.1. The molecule has 1 heterocycles. The number of fused-ring (bicyclic) bond motifs is 1. The number of amides is 1. The molecule has 1 amide bonds. The number of nitrogens with zero attached hydrogens (tertiary/aromatic N) is 1. The van der Waals surface area contributed by atoms with E-state index in [1.54, 1.807) is 55.0 Å². The molecule has 2 N–H and O–H groups in total. The second-order valence-electron chi connectivity index (χ2n) is 9.18. The molecule has 0 fully saturated rings. The molecular formula is C29H29ClFN3O5S. The van der Waals surface area contributed by atoms with Gasteiger partial charge >= 0.3 is 0 Å². The maximum Gasteiger partial charge on any atom is 0.262 e. The van der Waals surface area contributed by atoms with Crippen LogP contribution < -0.4 is 14.8 Å². The smallest absolute Gasteiger partial charge is 0.262 e. The second-order valence-corrected chi connectivity index (χ2v) is 11.4. The van der Waals surface area contributed by atoms with Crippen LogP contribution in [0, 0.1) is 12.7 Å². The van der Waals surface area contributed by atoms with Crippen LogP contribution in [-0.2, 0) is 21.2 Å². The molecule has 0 saturated carbocycles. The van der Waals surface area contributed by atoms with Crippen LogP contribution in [0.15, 0.2) is 71.6 Å². The number of aromatic nitrogens is 1. The molecule has 0 radical (unpaired) electrons. The third-order valence-corrected chi connectivity index (χ3v) is 8.24. The Morgan fingerprint density at radius 3 is 2.33 bits per heavy atom. The summed E-state index contributed by atoms with van der Waals surface area (Å²) in [4.78, 5) is 26.3. The Bertz CT molecular complexity index is 1640. The molecule has 11 heteroatoms. The van der Waals surface area contributed by atoms with Gasteiger partial charge < -0.3 is 10.1 Å². The molecule has 0 atom stereocenters. The molecule has 0 bridgehead atoms. The van der Waals surface area contributed by atoms with Gasteiger partial charge in [0.15, 0.2) is 0 Å². The number of carbonyl (C=O) groups is 2. The summed E-state index contributed by atoms with van der Waals surface area (Å²) in [6, 6.07) is 16.6. The third-order valence-electron chi connectivity index (χ3n) is 6.52. The predicted octanol–water partition coefficient (Wildman–Crippen LogP) is 4.86. The molecule has 3 aromatic carbocycles. The SMILES string of the molecule is COc1ccc2c(c1)c(CC(=O)NCCCCNS(=O)(=O)c1ccc(F)cc1)c(C)n2C(=O)c1ccc(Cl)cc1. The average Bonchev–Trinajstić information content (AvgIpc) is 3.20. The van der Waals surface area contributed by atoms with Gasteiger partial charge in [-0.15, -0.1) is 0 Å². The van der Waals surface area contributed by atoms with Gasteiger partial charge in [-0.3, -0.25) is 14.2 Å². The van der Waals surface area contributed by atoms with Crippen molar-refractivity contribution in [3.8, 4) is 5.75 Å². The van der Waals surface area contributed by atoms with Crippen LogP contribution in [-0.4, -0.2) is 45.0 Å². The standard InChI is InChI=1S/C29H29ClFN3O5S/c1-19-25(18-28(35)32-15-3-4-16-33-40(37,38)24-12-9-22(31)10-13-24)26-17-23(39-2)11-14-27(26)34(19)29(36)20-5-7-21(30)8-6-20/h5-14,17,33H,3-4,15-16,18H2,1-2H3,(H,32,35). The molecule has 0 unspecified atom stereocenters. The first-order valence-electron chi connectivity index (χ1n) is 12.6. The summed E-state index contributed by atoms with van der Waals surface area (Å²) in [5, 5.41) is 4.13. The van der Waals surface area contributed by atoms with Crippen molar-refractivity contribution in [2.24, 2.45) is 0 Å². The summed E-state index contributed by atoms with van der Waals surface area (Å²) in [7, 11) is -2.18. The zero-order valence-electron chi connectivity index (χ0n) is 22.0. The van der Waals surface area contributed by atoms with Crippen molar-refractivity contribution in [1.29, 1.82) is 0 Å². The minimum absolute atomic E-state index is 0.0112. The van der Waals surface area contributed by atoms with Gasteiger partial charge in [-0.05, 0) is 92.1 Å². The van der Waals surface area contributed by atoms with Crippen LogP contribution in [0.2, 0.25) is 5.02 Å². The number of halogens is 2. The Morgan fingerprint density at radius 1 is 0.975 bits per heavy atom. The van der Waals surface area contributed by atoms with Crippen molar-refractivity contribution in [3.05, 3.63) is 94.4 Å². The lowest BCUT2D eigenvalue weighted by atomic mass is 10.1. The van der Waals surface area contributed by atoms with Crippen molar-refractivity contribution in [1.82, 2.24) is 14.6 Å². The lowest BCUT2D eigenvalue weighted by Gasteiger charge is -2.09. The summed E-state index contributed by atoms with van der Waals surface area (Å²) in [5.41, 5.74) is 2.48. The van der Waals surface area contributed by atoms with Gasteiger partial charge in [0.2, 0.25) is 15.9 Å². The van der Waals surface area contributed by atoms with E-state index in [-0.39, 0.29) is 29.7 Å². The van der Waals surface area contributed by atoms with Crippen molar-refractivity contribution in [2.75, 3.05) is 20.2 Å². The molecule has 0 aliphatic heterocycles. The van der Waals surface area contributed by atoms with Crippen molar-refractivity contribution in [2.45, 2.75) is 31.1 Å². The Labute approximate surface area is 237 Å². The third kappa shape index (κ3) is 6.70. The van der Waals surface area contributed by atoms with E-state index in [2.05, 4.69) is 10.0 Å². The van der Waals surface area contributed by atoms with Gasteiger partial charge in [0.05, 0.1) is 23.9 Å². The van der Waals surface area contributed by atoms with E-state index in [1.807, 2.05) is 6.07 Å². The number of hydrogen-bond acceptors (Lipinski definition) is 5. The van der Waals surface area contributed by atoms with Gasteiger partial charge in [-0.25, -0.2) is 17.5 Å². The number of nitrogens with one attached hydrogen (secondary N) is 2. The van der Waals surface area contributed by atoms with Gasteiger partial charge in [-0.1, -0.05) is 11.6 Å². The summed E-state index contributed by atoms with van der Waals surface area (Å²) in [5.74, 6) is -0.370. The first kappa shape index (κ1) is 29.3. The molecule has 0 spiro atoms. The van der Waals surface area contributed by atoms with Crippen LogP contribution in [0.4, 0.5) is 4.39 Å². The molecule has 4 rings (SSSR count). The highest BCUT2D eigenvalue weighted by Gasteiger charge is 2.22. The summed E-state index contributed by atoms with van der Waals surface area (Å²) >= 11 is 5.99. The fourth-order valence-electron chi connectivity index (χ4n) is 4.40. The normalized spacial score (nSPS) is 11.5. The number of hydrogen-bond donors (Lipinski definition) is 2. The van der Waals surface area contributed by atoms with Crippen molar-refractivity contribution in [3.63, 3.8) is 0 Å². The average molecular weight is 586 g/mol. The zero-order chi connectivity index (χ0) is 28.9. The molecule has 210 valence electrons. The predicted molar refractivity (Wildman–Crippen MR) is 152 cm³/mol. The topological polar surface area (TPSA) is 106 Å². The Hall–Kier alpha value is -3.73.